The number of rotatable bonds is 3. The second kappa shape index (κ2) is 6.83. The van der Waals surface area contributed by atoms with Crippen LogP contribution in [-0.4, -0.2) is 25.3 Å². The molecule has 2 aromatic rings. The number of amides is 2. The van der Waals surface area contributed by atoms with E-state index in [-0.39, 0.29) is 12.1 Å². The van der Waals surface area contributed by atoms with Crippen molar-refractivity contribution in [3.63, 3.8) is 0 Å². The second-order valence-electron chi connectivity index (χ2n) is 5.90. The predicted octanol–water partition coefficient (Wildman–Crippen LogP) is 4.21. The second-order valence-corrected chi connectivity index (χ2v) is 5.90. The fourth-order valence-corrected chi connectivity index (χ4v) is 2.73. The van der Waals surface area contributed by atoms with E-state index in [1.54, 1.807) is 4.90 Å². The highest BCUT2D eigenvalue weighted by molar-refractivity contribution is 6.03. The molecule has 0 saturated heterocycles. The Morgan fingerprint density at radius 2 is 2.04 bits per heavy atom. The topological polar surface area (TPSA) is 50.8 Å². The number of hydrogen-bond acceptors (Lipinski definition) is 3. The molecule has 0 saturated carbocycles. The van der Waals surface area contributed by atoms with E-state index in [1.165, 1.54) is 0 Å². The van der Waals surface area contributed by atoms with E-state index in [0.717, 1.165) is 28.4 Å². The highest BCUT2D eigenvalue weighted by Gasteiger charge is 2.27. The van der Waals surface area contributed by atoms with Gasteiger partial charge < -0.3 is 14.8 Å². The molecule has 5 heteroatoms. The molecule has 1 aliphatic heterocycles. The molecule has 24 heavy (non-hydrogen) atoms. The summed E-state index contributed by atoms with van der Waals surface area (Å²) in [5.41, 5.74) is 2.62. The molecule has 1 aliphatic rings. The Bertz CT molecular complexity index is 728. The number of hydrogen-bond donors (Lipinski definition) is 1. The monoisotopic (exact) mass is 326 g/mol. The largest absolute Gasteiger partial charge is 0.494 e. The molecule has 1 N–H and O–H groups in total. The van der Waals surface area contributed by atoms with Crippen LogP contribution in [0.25, 0.3) is 0 Å². The summed E-state index contributed by atoms with van der Waals surface area (Å²) in [5.74, 6) is 1.53. The van der Waals surface area contributed by atoms with Gasteiger partial charge in [0.2, 0.25) is 0 Å². The van der Waals surface area contributed by atoms with Gasteiger partial charge in [0.05, 0.1) is 18.8 Å². The van der Waals surface area contributed by atoms with E-state index in [2.05, 4.69) is 5.32 Å². The number of urea groups is 1. The highest BCUT2D eigenvalue weighted by atomic mass is 16.5. The summed E-state index contributed by atoms with van der Waals surface area (Å²) in [6, 6.07) is 13.1. The summed E-state index contributed by atoms with van der Waals surface area (Å²) < 4.78 is 11.2. The molecule has 2 aromatic carbocycles. The van der Waals surface area contributed by atoms with Crippen molar-refractivity contribution in [2.75, 3.05) is 23.4 Å². The quantitative estimate of drug-likeness (QED) is 0.919. The third-order valence-corrected chi connectivity index (χ3v) is 3.83. The Morgan fingerprint density at radius 3 is 2.75 bits per heavy atom. The number of benzene rings is 2. The molecule has 0 bridgehead atoms. The first kappa shape index (κ1) is 16.2. The van der Waals surface area contributed by atoms with Crippen LogP contribution in [0.3, 0.4) is 0 Å². The lowest BCUT2D eigenvalue weighted by Gasteiger charge is -2.33. The third kappa shape index (κ3) is 3.45. The Labute approximate surface area is 142 Å². The zero-order valence-electron chi connectivity index (χ0n) is 14.2. The lowest BCUT2D eigenvalue weighted by Crippen LogP contribution is -2.44. The Hall–Kier alpha value is -2.69. The van der Waals surface area contributed by atoms with E-state index in [1.807, 2.05) is 63.2 Å². The van der Waals surface area contributed by atoms with Gasteiger partial charge in [-0.15, -0.1) is 0 Å². The van der Waals surface area contributed by atoms with Gasteiger partial charge in [-0.05, 0) is 62.7 Å². The molecule has 1 heterocycles. The zero-order chi connectivity index (χ0) is 17.1. The van der Waals surface area contributed by atoms with Gasteiger partial charge in [0.15, 0.2) is 0 Å². The molecule has 2 amide bonds. The smallest absolute Gasteiger partial charge is 0.326 e. The number of aryl methyl sites for hydroxylation is 1. The number of anilines is 2. The van der Waals surface area contributed by atoms with Gasteiger partial charge in [0.25, 0.3) is 0 Å². The van der Waals surface area contributed by atoms with Crippen molar-refractivity contribution in [1.82, 2.24) is 0 Å². The number of fused-ring (bicyclic) bond motifs is 1. The summed E-state index contributed by atoms with van der Waals surface area (Å²) in [4.78, 5) is 14.5. The zero-order valence-corrected chi connectivity index (χ0v) is 14.2. The summed E-state index contributed by atoms with van der Waals surface area (Å²) in [6.45, 7) is 7.03. The molecule has 5 nitrogen and oxygen atoms in total. The molecule has 0 aliphatic carbocycles. The highest BCUT2D eigenvalue weighted by Crippen LogP contribution is 2.34. The maximum atomic E-state index is 12.7. The predicted molar refractivity (Wildman–Crippen MR) is 95.2 cm³/mol. The average molecular weight is 326 g/mol. The minimum atomic E-state index is -0.166. The summed E-state index contributed by atoms with van der Waals surface area (Å²) in [5, 5.41) is 2.94. The van der Waals surface area contributed by atoms with Gasteiger partial charge in [-0.1, -0.05) is 6.07 Å². The van der Waals surface area contributed by atoms with Gasteiger partial charge in [-0.2, -0.15) is 0 Å². The van der Waals surface area contributed by atoms with Crippen LogP contribution < -0.4 is 19.7 Å². The summed E-state index contributed by atoms with van der Waals surface area (Å²) >= 11 is 0. The first-order chi connectivity index (χ1) is 11.6. The van der Waals surface area contributed by atoms with Crippen molar-refractivity contribution in [1.29, 1.82) is 0 Å². The molecule has 0 aromatic heterocycles. The van der Waals surface area contributed by atoms with Crippen LogP contribution in [-0.2, 0) is 0 Å². The van der Waals surface area contributed by atoms with E-state index in [4.69, 9.17) is 9.47 Å². The summed E-state index contributed by atoms with van der Waals surface area (Å²) in [7, 11) is 0. The molecular weight excluding hydrogens is 304 g/mol. The van der Waals surface area contributed by atoms with Crippen LogP contribution in [0.1, 0.15) is 19.4 Å². The number of carbonyl (C=O) groups is 1. The molecule has 0 spiro atoms. The van der Waals surface area contributed by atoms with Crippen molar-refractivity contribution in [2.24, 2.45) is 0 Å². The number of carbonyl (C=O) groups excluding carboxylic acids is 1. The van der Waals surface area contributed by atoms with Crippen LogP contribution in [0.5, 0.6) is 11.5 Å². The van der Waals surface area contributed by atoms with Gasteiger partial charge in [0.1, 0.15) is 17.6 Å². The standard InChI is InChI=1S/C19H22N2O3/c1-4-23-16-8-6-15(7-9-16)20-19(22)21-12-14(3)24-18-10-5-13(2)11-17(18)21/h5-11,14H,4,12H2,1-3H3,(H,20,22)/t14-/m0/s1. The van der Waals surface area contributed by atoms with Gasteiger partial charge in [-0.3, -0.25) is 4.90 Å². The number of ether oxygens (including phenoxy) is 2. The van der Waals surface area contributed by atoms with Crippen molar-refractivity contribution < 1.29 is 14.3 Å². The minimum absolute atomic E-state index is 0.0497. The first-order valence-electron chi connectivity index (χ1n) is 8.15. The fourth-order valence-electron chi connectivity index (χ4n) is 2.73. The van der Waals surface area contributed by atoms with Crippen molar-refractivity contribution >= 4 is 17.4 Å². The van der Waals surface area contributed by atoms with Gasteiger partial charge >= 0.3 is 6.03 Å². The summed E-state index contributed by atoms with van der Waals surface area (Å²) in [6.07, 6.45) is -0.0497. The Kier molecular flexibility index (Phi) is 4.60. The Morgan fingerprint density at radius 1 is 1.29 bits per heavy atom. The minimum Gasteiger partial charge on any atom is -0.494 e. The van der Waals surface area contributed by atoms with Crippen molar-refractivity contribution in [2.45, 2.75) is 26.9 Å². The SMILES string of the molecule is CCOc1ccc(NC(=O)N2C[C@H](C)Oc3ccc(C)cc32)cc1. The van der Waals surface area contributed by atoms with Gasteiger partial charge in [0, 0.05) is 5.69 Å². The lowest BCUT2D eigenvalue weighted by molar-refractivity contribution is 0.208. The molecule has 0 fully saturated rings. The molecule has 0 radical (unpaired) electrons. The van der Waals surface area contributed by atoms with E-state index in [9.17, 15) is 4.79 Å². The Balaban J connectivity index is 1.78. The molecule has 1 atom stereocenters. The fraction of sp³-hybridized carbons (Fsp3) is 0.316. The van der Waals surface area contributed by atoms with E-state index in [0.29, 0.717) is 13.2 Å². The molecule has 126 valence electrons. The number of nitrogens with one attached hydrogen (secondary N) is 1. The maximum Gasteiger partial charge on any atom is 0.326 e. The van der Waals surface area contributed by atoms with E-state index >= 15 is 0 Å². The molecular formula is C19H22N2O3. The maximum absolute atomic E-state index is 12.7. The van der Waals surface area contributed by atoms with Gasteiger partial charge in [-0.25, -0.2) is 4.79 Å². The van der Waals surface area contributed by atoms with Crippen LogP contribution in [0, 0.1) is 6.92 Å². The van der Waals surface area contributed by atoms with Crippen LogP contribution in [0.2, 0.25) is 0 Å². The number of nitrogens with zero attached hydrogens (tertiary/aromatic N) is 1. The molecule has 3 rings (SSSR count). The molecule has 0 unspecified atom stereocenters. The van der Waals surface area contributed by atoms with Crippen LogP contribution in [0.15, 0.2) is 42.5 Å². The van der Waals surface area contributed by atoms with Crippen molar-refractivity contribution in [3.8, 4) is 11.5 Å². The van der Waals surface area contributed by atoms with Crippen molar-refractivity contribution in [3.05, 3.63) is 48.0 Å². The van der Waals surface area contributed by atoms with Crippen LogP contribution >= 0.6 is 0 Å². The normalized spacial score (nSPS) is 16.1. The first-order valence-corrected chi connectivity index (χ1v) is 8.15. The average Bonchev–Trinajstić information content (AvgIpc) is 2.56. The lowest BCUT2D eigenvalue weighted by atomic mass is 10.1. The van der Waals surface area contributed by atoms with E-state index < -0.39 is 0 Å². The third-order valence-electron chi connectivity index (χ3n) is 3.83. The van der Waals surface area contributed by atoms with Crippen LogP contribution in [0.4, 0.5) is 16.2 Å².